The van der Waals surface area contributed by atoms with Crippen LogP contribution >= 0.6 is 0 Å². The summed E-state index contributed by atoms with van der Waals surface area (Å²) in [6.07, 6.45) is 6.32. The molecule has 1 aliphatic rings. The van der Waals surface area contributed by atoms with Crippen molar-refractivity contribution in [3.8, 4) is 0 Å². The Bertz CT molecular complexity index is 350. The molecule has 2 rings (SSSR count). The van der Waals surface area contributed by atoms with Gasteiger partial charge >= 0.3 is 0 Å². The molecule has 0 saturated carbocycles. The summed E-state index contributed by atoms with van der Waals surface area (Å²) in [7, 11) is 0. The van der Waals surface area contributed by atoms with Crippen LogP contribution in [0.2, 0.25) is 0 Å². The Morgan fingerprint density at radius 3 is 2.84 bits per heavy atom. The maximum Gasteiger partial charge on any atom is 0.0589 e. The summed E-state index contributed by atoms with van der Waals surface area (Å²) in [5.41, 5.74) is 1.42. The monoisotopic (exact) mass is 261 g/mol. The molecular formula is C17H27NO. The zero-order valence-electron chi connectivity index (χ0n) is 12.3. The molecule has 1 aliphatic heterocycles. The van der Waals surface area contributed by atoms with Crippen molar-refractivity contribution in [1.29, 1.82) is 0 Å². The van der Waals surface area contributed by atoms with E-state index in [2.05, 4.69) is 49.5 Å². The molecule has 0 radical (unpaired) electrons. The van der Waals surface area contributed by atoms with Crippen LogP contribution in [0.25, 0.3) is 0 Å². The highest BCUT2D eigenvalue weighted by molar-refractivity contribution is 5.15. The topological polar surface area (TPSA) is 21.3 Å². The van der Waals surface area contributed by atoms with E-state index in [4.69, 9.17) is 4.74 Å². The Balaban J connectivity index is 1.77. The van der Waals surface area contributed by atoms with Crippen LogP contribution < -0.4 is 5.32 Å². The average molecular weight is 261 g/mol. The molecule has 0 aliphatic carbocycles. The molecule has 3 unspecified atom stereocenters. The van der Waals surface area contributed by atoms with Gasteiger partial charge in [-0.3, -0.25) is 0 Å². The van der Waals surface area contributed by atoms with Gasteiger partial charge in [-0.2, -0.15) is 0 Å². The van der Waals surface area contributed by atoms with Gasteiger partial charge in [0.05, 0.1) is 6.10 Å². The molecule has 1 N–H and O–H groups in total. The number of hydrogen-bond acceptors (Lipinski definition) is 2. The van der Waals surface area contributed by atoms with Crippen LogP contribution in [0, 0.1) is 0 Å². The van der Waals surface area contributed by atoms with Gasteiger partial charge in [0, 0.05) is 18.7 Å². The third-order valence-electron chi connectivity index (χ3n) is 3.88. The molecule has 0 spiro atoms. The van der Waals surface area contributed by atoms with Crippen LogP contribution in [0.3, 0.4) is 0 Å². The first-order valence-electron chi connectivity index (χ1n) is 7.69. The van der Waals surface area contributed by atoms with Crippen LogP contribution in [0.5, 0.6) is 0 Å². The molecule has 1 saturated heterocycles. The van der Waals surface area contributed by atoms with Crippen molar-refractivity contribution in [2.24, 2.45) is 0 Å². The lowest BCUT2D eigenvalue weighted by Gasteiger charge is -2.32. The second-order valence-electron chi connectivity index (χ2n) is 5.76. The number of ether oxygens (including phenoxy) is 1. The second-order valence-corrected chi connectivity index (χ2v) is 5.76. The van der Waals surface area contributed by atoms with Crippen LogP contribution in [0.4, 0.5) is 0 Å². The zero-order chi connectivity index (χ0) is 13.5. The maximum atomic E-state index is 5.81. The van der Waals surface area contributed by atoms with E-state index in [9.17, 15) is 0 Å². The molecule has 2 heteroatoms. The SMILES string of the molecule is CCCC1CC(NC(C)Cc2ccccc2)CCO1. The molecule has 1 heterocycles. The minimum absolute atomic E-state index is 0.472. The minimum Gasteiger partial charge on any atom is -0.378 e. The molecule has 0 aromatic heterocycles. The first-order valence-corrected chi connectivity index (χ1v) is 7.69. The molecule has 0 bridgehead atoms. The molecule has 1 aromatic rings. The molecule has 0 amide bonds. The number of hydrogen-bond donors (Lipinski definition) is 1. The second kappa shape index (κ2) is 7.66. The predicted octanol–water partition coefficient (Wildman–Crippen LogP) is 3.55. The Morgan fingerprint density at radius 1 is 1.32 bits per heavy atom. The number of rotatable bonds is 6. The lowest BCUT2D eigenvalue weighted by Crippen LogP contribution is -2.43. The third-order valence-corrected chi connectivity index (χ3v) is 3.88. The van der Waals surface area contributed by atoms with Crippen molar-refractivity contribution in [3.63, 3.8) is 0 Å². The van der Waals surface area contributed by atoms with Gasteiger partial charge in [-0.25, -0.2) is 0 Å². The Labute approximate surface area is 117 Å². The van der Waals surface area contributed by atoms with Gasteiger partial charge in [-0.05, 0) is 38.2 Å². The lowest BCUT2D eigenvalue weighted by molar-refractivity contribution is -0.00465. The van der Waals surface area contributed by atoms with Gasteiger partial charge in [0.15, 0.2) is 0 Å². The normalized spacial score (nSPS) is 25.2. The number of benzene rings is 1. The van der Waals surface area contributed by atoms with Gasteiger partial charge in [0.1, 0.15) is 0 Å². The van der Waals surface area contributed by atoms with E-state index in [0.29, 0.717) is 18.2 Å². The van der Waals surface area contributed by atoms with E-state index in [0.717, 1.165) is 19.4 Å². The van der Waals surface area contributed by atoms with Crippen molar-refractivity contribution < 1.29 is 4.74 Å². The highest BCUT2D eigenvalue weighted by Crippen LogP contribution is 2.18. The van der Waals surface area contributed by atoms with Gasteiger partial charge in [-0.1, -0.05) is 43.7 Å². The van der Waals surface area contributed by atoms with Crippen LogP contribution in [0.1, 0.15) is 45.1 Å². The fourth-order valence-corrected chi connectivity index (χ4v) is 2.98. The first-order chi connectivity index (χ1) is 9.28. The Hall–Kier alpha value is -0.860. The van der Waals surface area contributed by atoms with Crippen LogP contribution in [-0.4, -0.2) is 24.8 Å². The highest BCUT2D eigenvalue weighted by Gasteiger charge is 2.22. The first kappa shape index (κ1) is 14.5. The van der Waals surface area contributed by atoms with E-state index < -0.39 is 0 Å². The average Bonchev–Trinajstić information content (AvgIpc) is 2.40. The van der Waals surface area contributed by atoms with Gasteiger partial charge in [0.2, 0.25) is 0 Å². The summed E-state index contributed by atoms with van der Waals surface area (Å²) in [5.74, 6) is 0. The third kappa shape index (κ3) is 4.96. The molecule has 19 heavy (non-hydrogen) atoms. The summed E-state index contributed by atoms with van der Waals surface area (Å²) in [6.45, 7) is 5.44. The zero-order valence-corrected chi connectivity index (χ0v) is 12.3. The Kier molecular flexibility index (Phi) is 5.87. The number of nitrogens with one attached hydrogen (secondary N) is 1. The summed E-state index contributed by atoms with van der Waals surface area (Å²) in [5, 5.41) is 3.78. The van der Waals surface area contributed by atoms with E-state index in [-0.39, 0.29) is 0 Å². The molecule has 106 valence electrons. The van der Waals surface area contributed by atoms with Crippen LogP contribution in [-0.2, 0) is 11.2 Å². The smallest absolute Gasteiger partial charge is 0.0589 e. The molecule has 1 fully saturated rings. The van der Waals surface area contributed by atoms with E-state index >= 15 is 0 Å². The fraction of sp³-hybridized carbons (Fsp3) is 0.647. The van der Waals surface area contributed by atoms with Gasteiger partial charge in [-0.15, -0.1) is 0 Å². The van der Waals surface area contributed by atoms with E-state index in [1.165, 1.54) is 24.8 Å². The summed E-state index contributed by atoms with van der Waals surface area (Å²) in [6, 6.07) is 11.9. The molecule has 2 nitrogen and oxygen atoms in total. The summed E-state index contributed by atoms with van der Waals surface area (Å²) < 4.78 is 5.81. The predicted molar refractivity (Wildman–Crippen MR) is 80.4 cm³/mol. The lowest BCUT2D eigenvalue weighted by atomic mass is 9.98. The van der Waals surface area contributed by atoms with E-state index in [1.54, 1.807) is 0 Å². The molecular weight excluding hydrogens is 234 g/mol. The molecule has 1 aromatic carbocycles. The van der Waals surface area contributed by atoms with Crippen molar-refractivity contribution in [1.82, 2.24) is 5.32 Å². The van der Waals surface area contributed by atoms with Crippen molar-refractivity contribution >= 4 is 0 Å². The standard InChI is InChI=1S/C17H27NO/c1-3-7-17-13-16(10-11-19-17)18-14(2)12-15-8-5-4-6-9-15/h4-6,8-9,14,16-18H,3,7,10-13H2,1-2H3. The van der Waals surface area contributed by atoms with Crippen molar-refractivity contribution in [2.75, 3.05) is 6.61 Å². The van der Waals surface area contributed by atoms with Gasteiger partial charge < -0.3 is 10.1 Å². The quantitative estimate of drug-likeness (QED) is 0.845. The molecule has 3 atom stereocenters. The largest absolute Gasteiger partial charge is 0.378 e. The van der Waals surface area contributed by atoms with Crippen LogP contribution in [0.15, 0.2) is 30.3 Å². The minimum atomic E-state index is 0.472. The van der Waals surface area contributed by atoms with Crippen molar-refractivity contribution in [3.05, 3.63) is 35.9 Å². The summed E-state index contributed by atoms with van der Waals surface area (Å²) >= 11 is 0. The maximum absolute atomic E-state index is 5.81. The highest BCUT2D eigenvalue weighted by atomic mass is 16.5. The Morgan fingerprint density at radius 2 is 2.11 bits per heavy atom. The van der Waals surface area contributed by atoms with Gasteiger partial charge in [0.25, 0.3) is 0 Å². The fourth-order valence-electron chi connectivity index (χ4n) is 2.98. The van der Waals surface area contributed by atoms with E-state index in [1.807, 2.05) is 0 Å². The summed E-state index contributed by atoms with van der Waals surface area (Å²) in [4.78, 5) is 0. The van der Waals surface area contributed by atoms with Crippen molar-refractivity contribution in [2.45, 2.75) is 64.1 Å².